The maximum Gasteiger partial charge on any atom is 0.271 e. The number of hydrazone groups is 1. The van der Waals surface area contributed by atoms with Crippen LogP contribution in [0, 0.1) is 0 Å². The second-order valence-electron chi connectivity index (χ2n) is 6.44. The van der Waals surface area contributed by atoms with E-state index in [9.17, 15) is 4.79 Å². The van der Waals surface area contributed by atoms with Crippen LogP contribution in [0.5, 0.6) is 11.5 Å². The minimum absolute atomic E-state index is 0.326. The fraction of sp³-hybridized carbons (Fsp3) is 0.333. The molecule has 0 spiro atoms. The number of carbonyl (C=O) groups is 1. The molecule has 1 saturated heterocycles. The Kier molecular flexibility index (Phi) is 6.30. The van der Waals surface area contributed by atoms with E-state index in [2.05, 4.69) is 27.6 Å². The first-order valence-corrected chi connectivity index (χ1v) is 9.11. The van der Waals surface area contributed by atoms with Crippen molar-refractivity contribution >= 4 is 17.8 Å². The maximum atomic E-state index is 12.3. The lowest BCUT2D eigenvalue weighted by atomic mass is 10.1. The van der Waals surface area contributed by atoms with Crippen molar-refractivity contribution in [1.82, 2.24) is 5.43 Å². The highest BCUT2D eigenvalue weighted by molar-refractivity contribution is 5.95. The van der Waals surface area contributed by atoms with Gasteiger partial charge < -0.3 is 14.4 Å². The van der Waals surface area contributed by atoms with Gasteiger partial charge in [0.1, 0.15) is 11.5 Å². The fourth-order valence-electron chi connectivity index (χ4n) is 3.09. The van der Waals surface area contributed by atoms with Crippen molar-refractivity contribution in [3.05, 3.63) is 53.6 Å². The largest absolute Gasteiger partial charge is 0.497 e. The Bertz CT molecular complexity index is 775. The third-order valence-corrected chi connectivity index (χ3v) is 4.61. The molecular weight excluding hydrogens is 342 g/mol. The lowest BCUT2D eigenvalue weighted by molar-refractivity contribution is 0.0954. The Morgan fingerprint density at radius 2 is 1.63 bits per heavy atom. The van der Waals surface area contributed by atoms with Crippen molar-refractivity contribution in [1.29, 1.82) is 0 Å². The van der Waals surface area contributed by atoms with E-state index in [1.807, 2.05) is 12.1 Å². The van der Waals surface area contributed by atoms with Crippen molar-refractivity contribution in [2.24, 2.45) is 5.10 Å². The zero-order valence-corrected chi connectivity index (χ0v) is 15.8. The predicted octanol–water partition coefficient (Wildman–Crippen LogP) is 3.46. The summed E-state index contributed by atoms with van der Waals surface area (Å²) in [5.41, 5.74) is 5.12. The summed E-state index contributed by atoms with van der Waals surface area (Å²) in [7, 11) is 3.09. The molecule has 0 atom stereocenters. The number of nitrogens with one attached hydrogen (secondary N) is 1. The SMILES string of the molecule is COc1cc(OC)cc(C(=O)N/N=C\c2ccc(N3CCCCC3)cc2)c1. The molecule has 6 nitrogen and oxygen atoms in total. The molecule has 1 fully saturated rings. The molecule has 1 heterocycles. The summed E-state index contributed by atoms with van der Waals surface area (Å²) in [6.07, 6.45) is 5.46. The van der Waals surface area contributed by atoms with E-state index in [4.69, 9.17) is 9.47 Å². The van der Waals surface area contributed by atoms with Gasteiger partial charge in [0, 0.05) is 30.4 Å². The molecule has 0 unspecified atom stereocenters. The zero-order valence-electron chi connectivity index (χ0n) is 15.8. The van der Waals surface area contributed by atoms with Gasteiger partial charge in [0.15, 0.2) is 0 Å². The maximum absolute atomic E-state index is 12.3. The van der Waals surface area contributed by atoms with Crippen molar-refractivity contribution in [2.45, 2.75) is 19.3 Å². The van der Waals surface area contributed by atoms with Crippen LogP contribution in [0.4, 0.5) is 5.69 Å². The molecule has 27 heavy (non-hydrogen) atoms. The Morgan fingerprint density at radius 3 is 2.22 bits per heavy atom. The molecule has 0 bridgehead atoms. The zero-order chi connectivity index (χ0) is 19.1. The van der Waals surface area contributed by atoms with Crippen LogP contribution in [0.3, 0.4) is 0 Å². The number of anilines is 1. The topological polar surface area (TPSA) is 63.2 Å². The number of methoxy groups -OCH3 is 2. The molecule has 0 aliphatic carbocycles. The average molecular weight is 367 g/mol. The molecular formula is C21H25N3O3. The van der Waals surface area contributed by atoms with Crippen LogP contribution in [-0.2, 0) is 0 Å². The predicted molar refractivity (Wildman–Crippen MR) is 107 cm³/mol. The third kappa shape index (κ3) is 5.00. The van der Waals surface area contributed by atoms with Crippen LogP contribution in [0.2, 0.25) is 0 Å². The normalized spacial score (nSPS) is 14.2. The Morgan fingerprint density at radius 1 is 1.00 bits per heavy atom. The van der Waals surface area contributed by atoms with E-state index in [0.29, 0.717) is 17.1 Å². The van der Waals surface area contributed by atoms with Gasteiger partial charge in [-0.2, -0.15) is 5.10 Å². The van der Waals surface area contributed by atoms with Crippen LogP contribution in [0.25, 0.3) is 0 Å². The van der Waals surface area contributed by atoms with Gasteiger partial charge in [0.05, 0.1) is 20.4 Å². The summed E-state index contributed by atoms with van der Waals surface area (Å²) in [5, 5.41) is 4.05. The molecule has 1 aliphatic heterocycles. The Labute approximate surface area is 159 Å². The van der Waals surface area contributed by atoms with Crippen LogP contribution in [0.1, 0.15) is 35.2 Å². The van der Waals surface area contributed by atoms with E-state index in [1.54, 1.807) is 38.6 Å². The van der Waals surface area contributed by atoms with Gasteiger partial charge in [-0.3, -0.25) is 4.79 Å². The first kappa shape index (κ1) is 18.8. The van der Waals surface area contributed by atoms with Gasteiger partial charge in [-0.15, -0.1) is 0 Å². The number of benzene rings is 2. The summed E-state index contributed by atoms with van der Waals surface area (Å²) in [4.78, 5) is 14.7. The van der Waals surface area contributed by atoms with Gasteiger partial charge in [0.25, 0.3) is 5.91 Å². The highest BCUT2D eigenvalue weighted by atomic mass is 16.5. The van der Waals surface area contributed by atoms with E-state index in [1.165, 1.54) is 24.9 Å². The van der Waals surface area contributed by atoms with Gasteiger partial charge in [0.2, 0.25) is 0 Å². The number of hydrogen-bond acceptors (Lipinski definition) is 5. The van der Waals surface area contributed by atoms with Crippen molar-refractivity contribution in [3.63, 3.8) is 0 Å². The molecule has 3 rings (SSSR count). The summed E-state index contributed by atoms with van der Waals surface area (Å²) in [6, 6.07) is 13.2. The van der Waals surface area contributed by atoms with E-state index in [0.717, 1.165) is 18.7 Å². The molecule has 1 amide bonds. The molecule has 0 saturated carbocycles. The van der Waals surface area contributed by atoms with Crippen molar-refractivity contribution in [3.8, 4) is 11.5 Å². The van der Waals surface area contributed by atoms with Crippen LogP contribution < -0.4 is 19.8 Å². The highest BCUT2D eigenvalue weighted by Crippen LogP contribution is 2.22. The number of hydrogen-bond donors (Lipinski definition) is 1. The molecule has 6 heteroatoms. The first-order valence-electron chi connectivity index (χ1n) is 9.11. The number of ether oxygens (including phenoxy) is 2. The molecule has 0 aromatic heterocycles. The molecule has 1 aliphatic rings. The number of piperidine rings is 1. The minimum Gasteiger partial charge on any atom is -0.497 e. The standard InChI is InChI=1S/C21H25N3O3/c1-26-19-12-17(13-20(14-19)27-2)21(25)23-22-15-16-6-8-18(9-7-16)24-10-4-3-5-11-24/h6-9,12-15H,3-5,10-11H2,1-2H3,(H,23,25)/b22-15-. The minimum atomic E-state index is -0.326. The first-order chi connectivity index (χ1) is 13.2. The third-order valence-electron chi connectivity index (χ3n) is 4.61. The monoisotopic (exact) mass is 367 g/mol. The Hall–Kier alpha value is -3.02. The second kappa shape index (κ2) is 9.07. The van der Waals surface area contributed by atoms with E-state index < -0.39 is 0 Å². The Balaban J connectivity index is 1.60. The van der Waals surface area contributed by atoms with E-state index >= 15 is 0 Å². The molecule has 2 aromatic rings. The molecule has 142 valence electrons. The summed E-state index contributed by atoms with van der Waals surface area (Å²) < 4.78 is 10.4. The van der Waals surface area contributed by atoms with Gasteiger partial charge in [-0.05, 0) is 49.1 Å². The van der Waals surface area contributed by atoms with Gasteiger partial charge >= 0.3 is 0 Å². The van der Waals surface area contributed by atoms with Crippen LogP contribution in [-0.4, -0.2) is 39.4 Å². The second-order valence-corrected chi connectivity index (χ2v) is 6.44. The summed E-state index contributed by atoms with van der Waals surface area (Å²) in [5.74, 6) is 0.780. The highest BCUT2D eigenvalue weighted by Gasteiger charge is 2.11. The molecule has 2 aromatic carbocycles. The van der Waals surface area contributed by atoms with Crippen molar-refractivity contribution < 1.29 is 14.3 Å². The fourth-order valence-corrected chi connectivity index (χ4v) is 3.09. The smallest absolute Gasteiger partial charge is 0.271 e. The summed E-state index contributed by atoms with van der Waals surface area (Å²) >= 11 is 0. The number of nitrogens with zero attached hydrogens (tertiary/aromatic N) is 2. The van der Waals surface area contributed by atoms with Crippen LogP contribution >= 0.6 is 0 Å². The number of amides is 1. The van der Waals surface area contributed by atoms with Gasteiger partial charge in [-0.1, -0.05) is 12.1 Å². The van der Waals surface area contributed by atoms with Crippen LogP contribution in [0.15, 0.2) is 47.6 Å². The number of carbonyl (C=O) groups excluding carboxylic acids is 1. The number of rotatable bonds is 6. The summed E-state index contributed by atoms with van der Waals surface area (Å²) in [6.45, 7) is 2.24. The quantitative estimate of drug-likeness (QED) is 0.627. The lowest BCUT2D eigenvalue weighted by Crippen LogP contribution is -2.29. The average Bonchev–Trinajstić information content (AvgIpc) is 2.74. The van der Waals surface area contributed by atoms with E-state index in [-0.39, 0.29) is 5.91 Å². The molecule has 1 N–H and O–H groups in total. The van der Waals surface area contributed by atoms with Crippen molar-refractivity contribution in [2.75, 3.05) is 32.2 Å². The molecule has 0 radical (unpaired) electrons. The lowest BCUT2D eigenvalue weighted by Gasteiger charge is -2.28. The van der Waals surface area contributed by atoms with Gasteiger partial charge in [-0.25, -0.2) is 5.43 Å².